The van der Waals surface area contributed by atoms with Gasteiger partial charge in [0.25, 0.3) is 0 Å². The fraction of sp³-hybridized carbons (Fsp3) is 0.567. The number of imidazole rings is 1. The van der Waals surface area contributed by atoms with Crippen LogP contribution in [0.3, 0.4) is 0 Å². The van der Waals surface area contributed by atoms with Gasteiger partial charge in [-0.3, -0.25) is 4.90 Å². The van der Waals surface area contributed by atoms with E-state index in [1.807, 2.05) is 52.3 Å². The van der Waals surface area contributed by atoms with Gasteiger partial charge in [0, 0.05) is 37.8 Å². The Morgan fingerprint density at radius 3 is 2.35 bits per heavy atom. The number of ether oxygens (including phenoxy) is 2. The Bertz CT molecular complexity index is 1300. The zero-order valence-electron chi connectivity index (χ0n) is 24.6. The summed E-state index contributed by atoms with van der Waals surface area (Å²) < 4.78 is 27.7. The molecule has 2 aliphatic heterocycles. The number of nitrogens with zero attached hydrogens (tertiary/aromatic N) is 4. The van der Waals surface area contributed by atoms with Crippen molar-refractivity contribution in [3.8, 4) is 11.3 Å². The van der Waals surface area contributed by atoms with Crippen LogP contribution >= 0.6 is 0 Å². The summed E-state index contributed by atoms with van der Waals surface area (Å²) >= 11 is 0. The van der Waals surface area contributed by atoms with Crippen molar-refractivity contribution in [2.75, 3.05) is 26.2 Å². The van der Waals surface area contributed by atoms with Gasteiger partial charge in [0.1, 0.15) is 22.8 Å². The third kappa shape index (κ3) is 5.87. The monoisotopic (exact) mass is 556 g/mol. The average molecular weight is 557 g/mol. The van der Waals surface area contributed by atoms with E-state index in [1.54, 1.807) is 34.9 Å². The van der Waals surface area contributed by atoms with E-state index < -0.39 is 28.7 Å². The highest BCUT2D eigenvalue weighted by Crippen LogP contribution is 2.42. The number of rotatable bonds is 4. The maximum atomic E-state index is 15.1. The summed E-state index contributed by atoms with van der Waals surface area (Å²) in [6.45, 7) is 12.4. The highest BCUT2D eigenvalue weighted by atomic mass is 19.1. The molecule has 9 nitrogen and oxygen atoms in total. The number of carbonyl (C=O) groups is 2. The Morgan fingerprint density at radius 1 is 1.12 bits per heavy atom. The minimum Gasteiger partial charge on any atom is -0.450 e. The van der Waals surface area contributed by atoms with Crippen LogP contribution in [0.5, 0.6) is 0 Å². The molecular weight excluding hydrogens is 515 g/mol. The van der Waals surface area contributed by atoms with Crippen LogP contribution < -0.4 is 0 Å². The predicted molar refractivity (Wildman–Crippen MR) is 150 cm³/mol. The van der Waals surface area contributed by atoms with E-state index in [9.17, 15) is 14.7 Å². The summed E-state index contributed by atoms with van der Waals surface area (Å²) in [4.78, 5) is 33.4. The first kappa shape index (κ1) is 29.6. The molecule has 10 heteroatoms. The number of piperidine rings is 1. The quantitative estimate of drug-likeness (QED) is 0.537. The molecule has 0 unspecified atom stereocenters. The molecule has 1 aromatic heterocycles. The molecule has 2 aliphatic rings. The van der Waals surface area contributed by atoms with Gasteiger partial charge in [0.2, 0.25) is 0 Å². The number of likely N-dealkylation sites (tertiary alicyclic amines) is 1. The third-order valence-corrected chi connectivity index (χ3v) is 7.56. The van der Waals surface area contributed by atoms with Crippen molar-refractivity contribution < 1.29 is 28.6 Å². The van der Waals surface area contributed by atoms with Crippen molar-refractivity contribution in [2.24, 2.45) is 7.05 Å². The third-order valence-electron chi connectivity index (χ3n) is 7.56. The number of aromatic nitrogens is 2. The highest BCUT2D eigenvalue weighted by molar-refractivity contribution is 5.75. The molecule has 1 aromatic carbocycles. The van der Waals surface area contributed by atoms with E-state index in [0.717, 1.165) is 5.57 Å². The molecular formula is C30H41FN4O5. The van der Waals surface area contributed by atoms with Crippen molar-refractivity contribution in [3.63, 3.8) is 0 Å². The van der Waals surface area contributed by atoms with Crippen molar-refractivity contribution in [3.05, 3.63) is 47.7 Å². The SMILES string of the molecule is CCOC(=O)N1CCC(O)(c2c(-c3ccccc3F)nc(C3=CCN(C(=O)OC(C)(C)C)C(C)(C)C3)n2C)CC1. The summed E-state index contributed by atoms with van der Waals surface area (Å²) in [5.41, 5.74) is -0.457. The zero-order chi connectivity index (χ0) is 29.5. The molecule has 0 aliphatic carbocycles. The van der Waals surface area contributed by atoms with Gasteiger partial charge in [-0.05, 0) is 78.5 Å². The molecule has 4 rings (SSSR count). The van der Waals surface area contributed by atoms with E-state index >= 15 is 4.39 Å². The smallest absolute Gasteiger partial charge is 0.411 e. The summed E-state index contributed by atoms with van der Waals surface area (Å²) in [5.74, 6) is 0.168. The number of halogens is 1. The molecule has 1 fully saturated rings. The fourth-order valence-electron chi connectivity index (χ4n) is 5.56. The zero-order valence-corrected chi connectivity index (χ0v) is 24.6. The van der Waals surface area contributed by atoms with Crippen LogP contribution in [0.25, 0.3) is 16.8 Å². The van der Waals surface area contributed by atoms with Crippen LogP contribution in [0.1, 0.15) is 72.3 Å². The van der Waals surface area contributed by atoms with Crippen LogP contribution in [0.4, 0.5) is 14.0 Å². The molecule has 0 radical (unpaired) electrons. The van der Waals surface area contributed by atoms with Gasteiger partial charge in [-0.1, -0.05) is 18.2 Å². The first-order chi connectivity index (χ1) is 18.7. The molecule has 1 saturated heterocycles. The molecule has 3 heterocycles. The van der Waals surface area contributed by atoms with Gasteiger partial charge in [-0.15, -0.1) is 0 Å². The van der Waals surface area contributed by atoms with Gasteiger partial charge in [-0.25, -0.2) is 19.0 Å². The van der Waals surface area contributed by atoms with E-state index in [4.69, 9.17) is 14.5 Å². The topological polar surface area (TPSA) is 97.1 Å². The van der Waals surface area contributed by atoms with Crippen molar-refractivity contribution in [1.29, 1.82) is 0 Å². The van der Waals surface area contributed by atoms with Crippen LogP contribution in [-0.2, 0) is 22.1 Å². The van der Waals surface area contributed by atoms with Crippen molar-refractivity contribution in [1.82, 2.24) is 19.4 Å². The summed E-state index contributed by atoms with van der Waals surface area (Å²) in [6, 6.07) is 6.39. The van der Waals surface area contributed by atoms with Gasteiger partial charge in [-0.2, -0.15) is 0 Å². The Kier molecular flexibility index (Phi) is 8.04. The number of hydrogen-bond donors (Lipinski definition) is 1. The molecule has 40 heavy (non-hydrogen) atoms. The molecule has 1 N–H and O–H groups in total. The van der Waals surface area contributed by atoms with E-state index in [1.165, 1.54) is 6.07 Å². The van der Waals surface area contributed by atoms with Crippen molar-refractivity contribution >= 4 is 17.8 Å². The van der Waals surface area contributed by atoms with Crippen LogP contribution in [-0.4, -0.2) is 74.0 Å². The molecule has 0 bridgehead atoms. The molecule has 2 amide bonds. The molecule has 0 spiro atoms. The van der Waals surface area contributed by atoms with E-state index in [-0.39, 0.29) is 25.5 Å². The Balaban J connectivity index is 1.74. The van der Waals surface area contributed by atoms with Gasteiger partial charge >= 0.3 is 12.2 Å². The minimum atomic E-state index is -1.34. The number of hydrogen-bond acceptors (Lipinski definition) is 6. The largest absolute Gasteiger partial charge is 0.450 e. The summed E-state index contributed by atoms with van der Waals surface area (Å²) in [6.07, 6.45) is 2.14. The highest BCUT2D eigenvalue weighted by Gasteiger charge is 2.43. The number of carbonyl (C=O) groups excluding carboxylic acids is 2. The maximum Gasteiger partial charge on any atom is 0.411 e. The lowest BCUT2D eigenvalue weighted by Gasteiger charge is -2.42. The van der Waals surface area contributed by atoms with Crippen LogP contribution in [0.15, 0.2) is 30.3 Å². The normalized spacial score (nSPS) is 18.8. The Labute approximate surface area is 235 Å². The lowest BCUT2D eigenvalue weighted by molar-refractivity contribution is -0.0291. The first-order valence-corrected chi connectivity index (χ1v) is 13.8. The second kappa shape index (κ2) is 10.9. The Morgan fingerprint density at radius 2 is 1.77 bits per heavy atom. The average Bonchev–Trinajstić information content (AvgIpc) is 3.20. The second-order valence-corrected chi connectivity index (χ2v) is 12.2. The van der Waals surface area contributed by atoms with Crippen LogP contribution in [0, 0.1) is 5.82 Å². The van der Waals surface area contributed by atoms with E-state index in [2.05, 4.69) is 0 Å². The second-order valence-electron chi connectivity index (χ2n) is 12.2. The molecule has 218 valence electrons. The summed E-state index contributed by atoms with van der Waals surface area (Å²) in [7, 11) is 1.83. The number of amides is 2. The lowest BCUT2D eigenvalue weighted by Crippen LogP contribution is -2.51. The van der Waals surface area contributed by atoms with Gasteiger partial charge in [0.15, 0.2) is 0 Å². The molecule has 2 aromatic rings. The lowest BCUT2D eigenvalue weighted by atomic mass is 9.85. The first-order valence-electron chi connectivity index (χ1n) is 13.8. The standard InChI is InChI=1S/C30H41FN4O5/c1-8-39-26(36)34-17-14-30(38,15-18-34)24-23(21-11-9-10-12-22(21)31)32-25(33(24)7)20-13-16-35(29(5,6)19-20)27(37)40-28(2,3)4/h9-13,38H,8,14-19H2,1-7H3. The fourth-order valence-corrected chi connectivity index (χ4v) is 5.56. The van der Waals surface area contributed by atoms with Gasteiger partial charge in [0.05, 0.1) is 18.0 Å². The predicted octanol–water partition coefficient (Wildman–Crippen LogP) is 5.47. The Hall–Kier alpha value is -3.40. The van der Waals surface area contributed by atoms with Crippen molar-refractivity contribution in [2.45, 2.75) is 77.5 Å². The van der Waals surface area contributed by atoms with Crippen LogP contribution in [0.2, 0.25) is 0 Å². The molecule has 0 atom stereocenters. The maximum absolute atomic E-state index is 15.1. The number of benzene rings is 1. The van der Waals surface area contributed by atoms with Gasteiger partial charge < -0.3 is 24.0 Å². The van der Waals surface area contributed by atoms with E-state index in [0.29, 0.717) is 48.8 Å². The molecule has 0 saturated carbocycles. The number of aliphatic hydroxyl groups is 1. The minimum absolute atomic E-state index is 0.253. The summed E-state index contributed by atoms with van der Waals surface area (Å²) in [5, 5.41) is 12.0.